The van der Waals surface area contributed by atoms with Gasteiger partial charge in [-0.05, 0) is 12.1 Å². The SMILES string of the molecule is CN(C)C(n1[nH][n+](=O)c2ncccc21)=[N+](C)C. The largest absolute Gasteiger partial charge is 0.379 e. The average molecular weight is 236 g/mol. The summed E-state index contributed by atoms with van der Waals surface area (Å²) in [5.74, 6) is 0.845. The number of hydrogen-bond donors (Lipinski definition) is 1. The predicted octanol–water partition coefficient (Wildman–Crippen LogP) is -0.683. The van der Waals surface area contributed by atoms with Gasteiger partial charge in [0.1, 0.15) is 6.20 Å². The summed E-state index contributed by atoms with van der Waals surface area (Å²) >= 11 is 0. The van der Waals surface area contributed by atoms with Crippen molar-refractivity contribution >= 4 is 17.1 Å². The lowest BCUT2D eigenvalue weighted by atomic mass is 10.4. The number of nitrogens with one attached hydrogen (secondary N) is 1. The minimum atomic E-state index is 0.369. The number of aromatic amines is 1. The molecule has 0 unspecified atom stereocenters. The van der Waals surface area contributed by atoms with Gasteiger partial charge in [0.2, 0.25) is 5.52 Å². The fourth-order valence-electron chi connectivity index (χ4n) is 1.86. The van der Waals surface area contributed by atoms with Gasteiger partial charge in [-0.25, -0.2) is 0 Å². The van der Waals surface area contributed by atoms with Gasteiger partial charge in [0, 0.05) is 0 Å². The van der Waals surface area contributed by atoms with Crippen LogP contribution in [0.25, 0.3) is 11.2 Å². The second-order valence-corrected chi connectivity index (χ2v) is 4.16. The number of hydrogen-bond acceptors (Lipinski definition) is 2. The van der Waals surface area contributed by atoms with Crippen molar-refractivity contribution in [2.24, 2.45) is 0 Å². The fourth-order valence-corrected chi connectivity index (χ4v) is 1.86. The molecule has 7 nitrogen and oxygen atoms in total. The standard InChI is InChI=1S/C10H16N6O/c1-13(2)10(14(3)4)15-8-6-5-7-11-9(8)16(17)12-15/h5-7H,1-4H3,(H,12,17)/q+2. The molecule has 0 spiro atoms. The molecular weight excluding hydrogens is 220 g/mol. The molecule has 2 rings (SSSR count). The number of H-pyrrole nitrogens is 1. The molecule has 2 aromatic heterocycles. The Balaban J connectivity index is 2.80. The molecule has 7 heteroatoms. The van der Waals surface area contributed by atoms with Gasteiger partial charge in [-0.2, -0.15) is 0 Å². The predicted molar refractivity (Wildman–Crippen MR) is 63.7 cm³/mol. The Labute approximate surface area is 98.2 Å². The molecule has 0 radical (unpaired) electrons. The zero-order valence-corrected chi connectivity index (χ0v) is 10.4. The van der Waals surface area contributed by atoms with Crippen LogP contribution in [0.1, 0.15) is 0 Å². The van der Waals surface area contributed by atoms with Gasteiger partial charge >= 0.3 is 11.6 Å². The third-order valence-corrected chi connectivity index (χ3v) is 2.39. The summed E-state index contributed by atoms with van der Waals surface area (Å²) in [7, 11) is 7.67. The smallest absolute Gasteiger partial charge is 0.268 e. The van der Waals surface area contributed by atoms with Crippen molar-refractivity contribution in [2.45, 2.75) is 0 Å². The highest BCUT2D eigenvalue weighted by atomic mass is 16.3. The molecule has 0 aliphatic carbocycles. The Hall–Kier alpha value is -2.18. The summed E-state index contributed by atoms with van der Waals surface area (Å²) in [6.45, 7) is 0. The summed E-state index contributed by atoms with van der Waals surface area (Å²) in [6.07, 6.45) is 1.60. The van der Waals surface area contributed by atoms with Crippen molar-refractivity contribution in [3.8, 4) is 0 Å². The van der Waals surface area contributed by atoms with Gasteiger partial charge in [-0.3, -0.25) is 9.48 Å². The number of pyridine rings is 1. The van der Waals surface area contributed by atoms with Gasteiger partial charge in [0.15, 0.2) is 0 Å². The highest BCUT2D eigenvalue weighted by molar-refractivity contribution is 5.85. The molecule has 0 fully saturated rings. The molecule has 2 heterocycles. The number of fused-ring (bicyclic) bond motifs is 1. The lowest BCUT2D eigenvalue weighted by Gasteiger charge is -2.10. The number of aromatic nitrogens is 4. The summed E-state index contributed by atoms with van der Waals surface area (Å²) in [4.78, 5) is 17.6. The first-order valence-corrected chi connectivity index (χ1v) is 5.22. The zero-order chi connectivity index (χ0) is 12.6. The Bertz CT molecular complexity index is 632. The van der Waals surface area contributed by atoms with Gasteiger partial charge in [-0.15, -0.1) is 4.98 Å². The van der Waals surface area contributed by atoms with Crippen LogP contribution in [0.2, 0.25) is 0 Å². The molecule has 0 aliphatic rings. The average Bonchev–Trinajstić information content (AvgIpc) is 2.56. The molecule has 90 valence electrons. The maximum atomic E-state index is 11.7. The van der Waals surface area contributed by atoms with Gasteiger partial charge in [0.25, 0.3) is 0 Å². The Morgan fingerprint density at radius 3 is 2.82 bits per heavy atom. The van der Waals surface area contributed by atoms with E-state index in [1.54, 1.807) is 16.9 Å². The van der Waals surface area contributed by atoms with Crippen molar-refractivity contribution < 1.29 is 9.12 Å². The van der Waals surface area contributed by atoms with E-state index in [4.69, 9.17) is 0 Å². The molecule has 0 aliphatic heterocycles. The van der Waals surface area contributed by atoms with Crippen LogP contribution in [0.3, 0.4) is 0 Å². The third-order valence-electron chi connectivity index (χ3n) is 2.39. The minimum absolute atomic E-state index is 0.369. The van der Waals surface area contributed by atoms with E-state index in [1.165, 1.54) is 0 Å². The first-order valence-electron chi connectivity index (χ1n) is 5.22. The van der Waals surface area contributed by atoms with E-state index in [0.717, 1.165) is 11.5 Å². The molecule has 0 saturated heterocycles. The molecular formula is C10H16N6O+2. The topological polar surface area (TPSA) is 62.8 Å². The highest BCUT2D eigenvalue weighted by Gasteiger charge is 2.23. The Morgan fingerprint density at radius 2 is 2.24 bits per heavy atom. The molecule has 0 saturated carbocycles. The quantitative estimate of drug-likeness (QED) is 0.374. The summed E-state index contributed by atoms with van der Waals surface area (Å²) in [5, 5.41) is 2.71. The Kier molecular flexibility index (Phi) is 2.66. The molecule has 1 N–H and O–H groups in total. The zero-order valence-electron chi connectivity index (χ0n) is 10.4. The van der Waals surface area contributed by atoms with Crippen LogP contribution in [0.5, 0.6) is 0 Å². The maximum absolute atomic E-state index is 11.7. The van der Waals surface area contributed by atoms with Crippen molar-refractivity contribution in [1.29, 1.82) is 0 Å². The van der Waals surface area contributed by atoms with Gasteiger partial charge < -0.3 is 0 Å². The van der Waals surface area contributed by atoms with E-state index in [2.05, 4.69) is 10.2 Å². The van der Waals surface area contributed by atoms with E-state index < -0.39 is 0 Å². The van der Waals surface area contributed by atoms with Crippen molar-refractivity contribution in [3.63, 3.8) is 0 Å². The first kappa shape index (κ1) is 11.3. The van der Waals surface area contributed by atoms with E-state index in [9.17, 15) is 4.91 Å². The lowest BCUT2D eigenvalue weighted by molar-refractivity contribution is -0.543. The molecule has 0 amide bonds. The van der Waals surface area contributed by atoms with Crippen LogP contribution in [0.4, 0.5) is 0 Å². The number of nitrogens with zero attached hydrogens (tertiary/aromatic N) is 5. The monoisotopic (exact) mass is 236 g/mol. The van der Waals surface area contributed by atoms with E-state index >= 15 is 0 Å². The second kappa shape index (κ2) is 4.00. The Morgan fingerprint density at radius 1 is 1.53 bits per heavy atom. The normalized spacial score (nSPS) is 10.6. The van der Waals surface area contributed by atoms with Crippen LogP contribution < -0.4 is 4.54 Å². The summed E-state index contributed by atoms with van der Waals surface area (Å²) < 4.78 is 4.28. The van der Waals surface area contributed by atoms with Crippen LogP contribution in [0, 0.1) is 4.91 Å². The maximum Gasteiger partial charge on any atom is 0.379 e. The van der Waals surface area contributed by atoms with Crippen LogP contribution in [0.15, 0.2) is 18.3 Å². The van der Waals surface area contributed by atoms with Gasteiger partial charge in [-0.1, -0.05) is 14.8 Å². The lowest BCUT2D eigenvalue weighted by Crippen LogP contribution is -2.38. The van der Waals surface area contributed by atoms with E-state index in [-0.39, 0.29) is 0 Å². The van der Waals surface area contributed by atoms with Gasteiger partial charge in [0.05, 0.1) is 32.7 Å². The minimum Gasteiger partial charge on any atom is -0.268 e. The number of rotatable bonds is 0. The third kappa shape index (κ3) is 1.79. The van der Waals surface area contributed by atoms with Crippen LogP contribution in [-0.2, 0) is 0 Å². The summed E-state index contributed by atoms with van der Waals surface area (Å²) in [5.41, 5.74) is 1.11. The molecule has 0 bridgehead atoms. The van der Waals surface area contributed by atoms with E-state index in [0.29, 0.717) is 10.2 Å². The van der Waals surface area contributed by atoms with Crippen molar-refractivity contribution in [1.82, 2.24) is 19.8 Å². The molecule has 0 aromatic carbocycles. The second-order valence-electron chi connectivity index (χ2n) is 4.16. The van der Waals surface area contributed by atoms with Crippen LogP contribution >= 0.6 is 0 Å². The summed E-state index contributed by atoms with van der Waals surface area (Å²) in [6, 6.07) is 3.65. The molecule has 2 aromatic rings. The van der Waals surface area contributed by atoms with Crippen molar-refractivity contribution in [3.05, 3.63) is 23.2 Å². The highest BCUT2D eigenvalue weighted by Crippen LogP contribution is 2.05. The molecule has 0 atom stereocenters. The molecule has 17 heavy (non-hydrogen) atoms. The van der Waals surface area contributed by atoms with Crippen molar-refractivity contribution in [2.75, 3.05) is 28.2 Å². The van der Waals surface area contributed by atoms with Crippen LogP contribution in [-0.4, -0.2) is 58.5 Å². The van der Waals surface area contributed by atoms with E-state index in [1.807, 2.05) is 43.7 Å². The first-order chi connectivity index (χ1) is 8.02. The fraction of sp³-hybridized carbons (Fsp3) is 0.400.